The van der Waals surface area contributed by atoms with Crippen LogP contribution in [-0.4, -0.2) is 24.5 Å². The third-order valence-corrected chi connectivity index (χ3v) is 3.44. The lowest BCUT2D eigenvalue weighted by Gasteiger charge is -2.40. The second-order valence-electron chi connectivity index (χ2n) is 4.51. The summed E-state index contributed by atoms with van der Waals surface area (Å²) in [5.41, 5.74) is -0.260. The number of carbonyl (C=O) groups is 2. The average molecular weight is 213 g/mol. The molecule has 1 aliphatic carbocycles. The van der Waals surface area contributed by atoms with Gasteiger partial charge in [0.2, 0.25) is 0 Å². The Labute approximate surface area is 90.4 Å². The van der Waals surface area contributed by atoms with Crippen LogP contribution in [0, 0.1) is 5.92 Å². The monoisotopic (exact) mass is 213 g/mol. The lowest BCUT2D eigenvalue weighted by atomic mass is 9.75. The third-order valence-electron chi connectivity index (χ3n) is 3.44. The van der Waals surface area contributed by atoms with E-state index in [1.165, 1.54) is 13.5 Å². The molecule has 4 heteroatoms. The van der Waals surface area contributed by atoms with E-state index in [1.807, 2.05) is 6.92 Å². The van der Waals surface area contributed by atoms with Crippen LogP contribution in [0.25, 0.3) is 0 Å². The number of hydrogen-bond donors (Lipinski definition) is 1. The minimum atomic E-state index is -0.811. The number of amides is 1. The highest BCUT2D eigenvalue weighted by Crippen LogP contribution is 2.32. The van der Waals surface area contributed by atoms with Crippen molar-refractivity contribution in [1.82, 2.24) is 5.32 Å². The van der Waals surface area contributed by atoms with E-state index in [1.54, 1.807) is 0 Å². The average Bonchev–Trinajstić information content (AvgIpc) is 2.21. The van der Waals surface area contributed by atoms with Gasteiger partial charge in [-0.05, 0) is 25.7 Å². The molecule has 0 bridgehead atoms. The van der Waals surface area contributed by atoms with E-state index in [0.717, 1.165) is 19.3 Å². The van der Waals surface area contributed by atoms with Crippen molar-refractivity contribution in [3.8, 4) is 0 Å². The van der Waals surface area contributed by atoms with Gasteiger partial charge in [0.15, 0.2) is 0 Å². The SMILES string of the molecule is COC(=O)C(=O)NC1(C)CCCCC1C. The van der Waals surface area contributed by atoms with E-state index in [4.69, 9.17) is 0 Å². The van der Waals surface area contributed by atoms with E-state index in [0.29, 0.717) is 5.92 Å². The van der Waals surface area contributed by atoms with Crippen LogP contribution in [0.1, 0.15) is 39.5 Å². The van der Waals surface area contributed by atoms with Crippen LogP contribution in [0.4, 0.5) is 0 Å². The molecule has 1 rings (SSSR count). The van der Waals surface area contributed by atoms with E-state index in [9.17, 15) is 9.59 Å². The van der Waals surface area contributed by atoms with Gasteiger partial charge >= 0.3 is 11.9 Å². The third kappa shape index (κ3) is 2.70. The molecule has 0 heterocycles. The molecule has 1 saturated carbocycles. The zero-order valence-electron chi connectivity index (χ0n) is 9.63. The van der Waals surface area contributed by atoms with Crippen LogP contribution in [0.5, 0.6) is 0 Å². The molecule has 0 spiro atoms. The number of esters is 1. The summed E-state index contributed by atoms with van der Waals surface area (Å²) in [5, 5.41) is 2.78. The molecule has 15 heavy (non-hydrogen) atoms. The molecule has 1 amide bonds. The van der Waals surface area contributed by atoms with Crippen molar-refractivity contribution in [2.75, 3.05) is 7.11 Å². The molecule has 86 valence electrons. The first-order chi connectivity index (χ1) is 6.99. The fourth-order valence-corrected chi connectivity index (χ4v) is 2.10. The van der Waals surface area contributed by atoms with Gasteiger partial charge in [0, 0.05) is 5.54 Å². The van der Waals surface area contributed by atoms with Gasteiger partial charge in [-0.1, -0.05) is 19.8 Å². The summed E-state index contributed by atoms with van der Waals surface area (Å²) in [4.78, 5) is 22.4. The summed E-state index contributed by atoms with van der Waals surface area (Å²) in [6.07, 6.45) is 4.32. The zero-order chi connectivity index (χ0) is 11.5. The van der Waals surface area contributed by atoms with Gasteiger partial charge < -0.3 is 10.1 Å². The molecule has 0 aromatic carbocycles. The fraction of sp³-hybridized carbons (Fsp3) is 0.818. The lowest BCUT2D eigenvalue weighted by Crippen LogP contribution is -2.54. The number of nitrogens with one attached hydrogen (secondary N) is 1. The molecule has 0 radical (unpaired) electrons. The first kappa shape index (κ1) is 12.0. The van der Waals surface area contributed by atoms with Gasteiger partial charge in [0.25, 0.3) is 0 Å². The molecule has 0 aromatic heterocycles. The van der Waals surface area contributed by atoms with Crippen molar-refractivity contribution in [2.24, 2.45) is 5.92 Å². The molecule has 2 unspecified atom stereocenters. The maximum absolute atomic E-state index is 11.4. The Morgan fingerprint density at radius 1 is 1.40 bits per heavy atom. The van der Waals surface area contributed by atoms with Gasteiger partial charge in [-0.3, -0.25) is 4.79 Å². The molecule has 0 aliphatic heterocycles. The van der Waals surface area contributed by atoms with Crippen LogP contribution in [0.15, 0.2) is 0 Å². The smallest absolute Gasteiger partial charge is 0.396 e. The first-order valence-electron chi connectivity index (χ1n) is 5.40. The van der Waals surface area contributed by atoms with E-state index < -0.39 is 11.9 Å². The van der Waals surface area contributed by atoms with E-state index in [2.05, 4.69) is 17.0 Å². The Bertz CT molecular complexity index is 265. The largest absolute Gasteiger partial charge is 0.462 e. The fourth-order valence-electron chi connectivity index (χ4n) is 2.10. The van der Waals surface area contributed by atoms with Crippen LogP contribution in [-0.2, 0) is 14.3 Å². The zero-order valence-corrected chi connectivity index (χ0v) is 9.63. The molecule has 1 N–H and O–H groups in total. The van der Waals surface area contributed by atoms with E-state index >= 15 is 0 Å². The Hall–Kier alpha value is -1.06. The Balaban J connectivity index is 2.62. The van der Waals surface area contributed by atoms with Crippen molar-refractivity contribution in [3.63, 3.8) is 0 Å². The summed E-state index contributed by atoms with van der Waals surface area (Å²) in [6.45, 7) is 4.11. The molecule has 1 fully saturated rings. The summed E-state index contributed by atoms with van der Waals surface area (Å²) in [7, 11) is 1.22. The quantitative estimate of drug-likeness (QED) is 0.526. The molecule has 2 atom stereocenters. The van der Waals surface area contributed by atoms with Crippen molar-refractivity contribution in [3.05, 3.63) is 0 Å². The molecule has 0 aromatic rings. The maximum Gasteiger partial charge on any atom is 0.396 e. The highest BCUT2D eigenvalue weighted by molar-refractivity contribution is 6.32. The van der Waals surface area contributed by atoms with Crippen molar-refractivity contribution in [2.45, 2.75) is 45.1 Å². The number of rotatable bonds is 1. The first-order valence-corrected chi connectivity index (χ1v) is 5.40. The highest BCUT2D eigenvalue weighted by atomic mass is 16.5. The number of hydrogen-bond acceptors (Lipinski definition) is 3. The maximum atomic E-state index is 11.4. The van der Waals surface area contributed by atoms with E-state index in [-0.39, 0.29) is 5.54 Å². The predicted molar refractivity (Wildman–Crippen MR) is 56.2 cm³/mol. The van der Waals surface area contributed by atoms with Gasteiger partial charge in [0.05, 0.1) is 7.11 Å². The second-order valence-corrected chi connectivity index (χ2v) is 4.51. The molecular weight excluding hydrogens is 194 g/mol. The Morgan fingerprint density at radius 2 is 2.07 bits per heavy atom. The Kier molecular flexibility index (Phi) is 3.72. The minimum Gasteiger partial charge on any atom is -0.462 e. The van der Waals surface area contributed by atoms with Crippen LogP contribution >= 0.6 is 0 Å². The van der Waals surface area contributed by atoms with Crippen LogP contribution in [0.2, 0.25) is 0 Å². The normalized spacial score (nSPS) is 30.7. The highest BCUT2D eigenvalue weighted by Gasteiger charge is 2.36. The molecule has 1 aliphatic rings. The van der Waals surface area contributed by atoms with Gasteiger partial charge in [-0.25, -0.2) is 4.79 Å². The van der Waals surface area contributed by atoms with Crippen LogP contribution < -0.4 is 5.32 Å². The summed E-state index contributed by atoms with van der Waals surface area (Å²) < 4.78 is 4.38. The molecular formula is C11H19NO3. The van der Waals surface area contributed by atoms with Gasteiger partial charge in [0.1, 0.15) is 0 Å². The van der Waals surface area contributed by atoms with Gasteiger partial charge in [-0.2, -0.15) is 0 Å². The lowest BCUT2D eigenvalue weighted by molar-refractivity contribution is -0.154. The minimum absolute atomic E-state index is 0.260. The number of carbonyl (C=O) groups excluding carboxylic acids is 2. The standard InChI is InChI=1S/C11H19NO3/c1-8-6-4-5-7-11(8,2)12-9(13)10(14)15-3/h8H,4-7H2,1-3H3,(H,12,13). The second kappa shape index (κ2) is 4.64. The number of methoxy groups -OCH3 is 1. The molecule has 4 nitrogen and oxygen atoms in total. The van der Waals surface area contributed by atoms with Crippen molar-refractivity contribution >= 4 is 11.9 Å². The number of ether oxygens (including phenoxy) is 1. The van der Waals surface area contributed by atoms with Crippen LogP contribution in [0.3, 0.4) is 0 Å². The van der Waals surface area contributed by atoms with Gasteiger partial charge in [-0.15, -0.1) is 0 Å². The molecule has 0 saturated heterocycles. The summed E-state index contributed by atoms with van der Waals surface area (Å²) in [6, 6.07) is 0. The summed E-state index contributed by atoms with van der Waals surface area (Å²) in [5.74, 6) is -1.04. The summed E-state index contributed by atoms with van der Waals surface area (Å²) >= 11 is 0. The Morgan fingerprint density at radius 3 is 2.60 bits per heavy atom. The van der Waals surface area contributed by atoms with Crippen molar-refractivity contribution in [1.29, 1.82) is 0 Å². The van der Waals surface area contributed by atoms with Crippen molar-refractivity contribution < 1.29 is 14.3 Å². The predicted octanol–water partition coefficient (Wildman–Crippen LogP) is 1.24. The topological polar surface area (TPSA) is 55.4 Å².